The van der Waals surface area contributed by atoms with Gasteiger partial charge in [0, 0.05) is 0 Å². The van der Waals surface area contributed by atoms with E-state index in [1.807, 2.05) is 25.1 Å². The van der Waals surface area contributed by atoms with Crippen molar-refractivity contribution in [2.24, 2.45) is 0 Å². The summed E-state index contributed by atoms with van der Waals surface area (Å²) in [6, 6.07) is 8.52. The van der Waals surface area contributed by atoms with E-state index in [-0.39, 0.29) is 40.0 Å². The quantitative estimate of drug-likeness (QED) is 0.399. The molecule has 0 unspecified atom stereocenters. The molecule has 0 heterocycles. The Balaban J connectivity index is 0. The fourth-order valence-electron chi connectivity index (χ4n) is 0.484. The van der Waals surface area contributed by atoms with E-state index in [9.17, 15) is 0 Å². The minimum Gasteiger partial charge on any atom is -1.00 e. The zero-order valence-corrected chi connectivity index (χ0v) is 9.45. The van der Waals surface area contributed by atoms with Gasteiger partial charge in [0.05, 0.1) is 0 Å². The molecule has 0 aromatic heterocycles. The molecule has 50 valence electrons. The fraction of sp³-hybridized carbons (Fsp3) is 0.143. The van der Waals surface area contributed by atoms with Gasteiger partial charge in [0.15, 0.2) is 0 Å². The molecular weight excluding hydrogens is 224 g/mol. The van der Waals surface area contributed by atoms with Crippen molar-refractivity contribution >= 4 is 34.7 Å². The van der Waals surface area contributed by atoms with Crippen molar-refractivity contribution in [1.82, 2.24) is 0 Å². The van der Waals surface area contributed by atoms with Gasteiger partial charge in [0.25, 0.3) is 0 Å². The van der Waals surface area contributed by atoms with E-state index in [1.165, 1.54) is 5.56 Å². The normalized spacial score (nSPS) is 7.40. The Morgan fingerprint density at radius 1 is 1.40 bits per heavy atom. The van der Waals surface area contributed by atoms with Gasteiger partial charge in [-0.1, -0.05) is 11.9 Å². The second-order valence-electron chi connectivity index (χ2n) is 1.71. The molecule has 1 aromatic rings. The zero-order valence-electron chi connectivity index (χ0n) is 5.70. The first-order valence-corrected chi connectivity index (χ1v) is 2.80. The Morgan fingerprint density at radius 3 is 2.30 bits per heavy atom. The van der Waals surface area contributed by atoms with Crippen LogP contribution in [0.3, 0.4) is 0 Å². The van der Waals surface area contributed by atoms with Gasteiger partial charge in [-0.15, -0.1) is 11.6 Å². The van der Waals surface area contributed by atoms with Crippen LogP contribution in [0.5, 0.6) is 0 Å². The van der Waals surface area contributed by atoms with Crippen LogP contribution in [-0.4, -0.2) is 23.1 Å². The largest absolute Gasteiger partial charge is 2.00 e. The SMILES string of the molecule is Cc1c[c-]c(Cl)cc1.[Br-].[Mg+2]. The maximum Gasteiger partial charge on any atom is 2.00 e. The number of rotatable bonds is 0. The van der Waals surface area contributed by atoms with E-state index in [4.69, 9.17) is 11.6 Å². The molecule has 0 spiro atoms. The minimum atomic E-state index is 0. The van der Waals surface area contributed by atoms with Gasteiger partial charge < -0.3 is 17.0 Å². The molecule has 0 saturated heterocycles. The fourth-order valence-corrected chi connectivity index (χ4v) is 0.601. The molecule has 0 radical (unpaired) electrons. The van der Waals surface area contributed by atoms with Crippen LogP contribution in [-0.2, 0) is 0 Å². The molecule has 0 bridgehead atoms. The standard InChI is InChI=1S/C7H6Cl.BrH.Mg/c1-6-2-4-7(8)5-3-6;;/h2-4H,1H3;1H;/q-1;;+2/p-1. The van der Waals surface area contributed by atoms with Crippen molar-refractivity contribution in [1.29, 1.82) is 0 Å². The molecule has 0 amide bonds. The van der Waals surface area contributed by atoms with Crippen molar-refractivity contribution < 1.29 is 17.0 Å². The average molecular weight is 230 g/mol. The van der Waals surface area contributed by atoms with Gasteiger partial charge in [0.1, 0.15) is 0 Å². The monoisotopic (exact) mass is 228 g/mol. The molecule has 0 aliphatic heterocycles. The van der Waals surface area contributed by atoms with Crippen molar-refractivity contribution in [3.63, 3.8) is 0 Å². The second kappa shape index (κ2) is 6.47. The molecule has 10 heavy (non-hydrogen) atoms. The maximum atomic E-state index is 5.56. The van der Waals surface area contributed by atoms with Gasteiger partial charge in [-0.3, -0.25) is 0 Å². The number of halogens is 2. The van der Waals surface area contributed by atoms with Crippen LogP contribution in [0.15, 0.2) is 18.2 Å². The average Bonchev–Trinajstić information content (AvgIpc) is 1.77. The van der Waals surface area contributed by atoms with Crippen LogP contribution in [0, 0.1) is 13.0 Å². The predicted molar refractivity (Wildman–Crippen MR) is 40.8 cm³/mol. The number of aryl methyl sites for hydroxylation is 1. The summed E-state index contributed by atoms with van der Waals surface area (Å²) in [5.41, 5.74) is 1.19. The number of hydrogen-bond donors (Lipinski definition) is 0. The van der Waals surface area contributed by atoms with E-state index >= 15 is 0 Å². The first-order valence-electron chi connectivity index (χ1n) is 2.43. The molecule has 0 saturated carbocycles. The summed E-state index contributed by atoms with van der Waals surface area (Å²) < 4.78 is 0. The molecule has 0 fully saturated rings. The molecule has 0 aliphatic carbocycles. The van der Waals surface area contributed by atoms with Crippen LogP contribution in [0.1, 0.15) is 5.56 Å². The van der Waals surface area contributed by atoms with Gasteiger partial charge in [-0.2, -0.15) is 29.8 Å². The van der Waals surface area contributed by atoms with Gasteiger partial charge in [0.2, 0.25) is 0 Å². The smallest absolute Gasteiger partial charge is 1.00 e. The third-order valence-corrected chi connectivity index (χ3v) is 1.17. The maximum absolute atomic E-state index is 5.56. The number of hydrogen-bond acceptors (Lipinski definition) is 0. The number of benzene rings is 1. The van der Waals surface area contributed by atoms with Crippen LogP contribution in [0.25, 0.3) is 0 Å². The molecular formula is C7H6BrClMg. The van der Waals surface area contributed by atoms with E-state index in [1.54, 1.807) is 0 Å². The van der Waals surface area contributed by atoms with Crippen LogP contribution in [0.2, 0.25) is 5.02 Å². The molecule has 0 aliphatic rings. The summed E-state index contributed by atoms with van der Waals surface area (Å²) in [7, 11) is 0. The van der Waals surface area contributed by atoms with E-state index < -0.39 is 0 Å². The summed E-state index contributed by atoms with van der Waals surface area (Å²) in [6.07, 6.45) is 0. The molecule has 0 N–H and O–H groups in total. The Morgan fingerprint density at radius 2 is 2.00 bits per heavy atom. The van der Waals surface area contributed by atoms with Gasteiger partial charge in [-0.05, 0) is 0 Å². The first-order chi connectivity index (χ1) is 3.79. The van der Waals surface area contributed by atoms with Crippen molar-refractivity contribution in [2.75, 3.05) is 0 Å². The first kappa shape index (κ1) is 13.4. The summed E-state index contributed by atoms with van der Waals surface area (Å²) >= 11 is 5.56. The molecule has 3 heteroatoms. The summed E-state index contributed by atoms with van der Waals surface area (Å²) in [5, 5.41) is 0.676. The third kappa shape index (κ3) is 4.55. The van der Waals surface area contributed by atoms with Gasteiger partial charge in [-0.25, -0.2) is 0 Å². The molecule has 0 atom stereocenters. The Hall–Kier alpha value is 0.756. The predicted octanol–water partition coefficient (Wildman–Crippen LogP) is -0.928. The minimum absolute atomic E-state index is 0. The van der Waals surface area contributed by atoms with Crippen molar-refractivity contribution in [2.45, 2.75) is 6.92 Å². The van der Waals surface area contributed by atoms with Crippen LogP contribution in [0.4, 0.5) is 0 Å². The topological polar surface area (TPSA) is 0 Å². The van der Waals surface area contributed by atoms with E-state index in [2.05, 4.69) is 6.07 Å². The van der Waals surface area contributed by atoms with Gasteiger partial charge >= 0.3 is 23.1 Å². The van der Waals surface area contributed by atoms with E-state index in [0.29, 0.717) is 5.02 Å². The third-order valence-electron chi connectivity index (χ3n) is 0.930. The Bertz CT molecular complexity index is 152. The zero-order chi connectivity index (χ0) is 5.98. The van der Waals surface area contributed by atoms with Crippen molar-refractivity contribution in [3.8, 4) is 0 Å². The summed E-state index contributed by atoms with van der Waals surface area (Å²) in [5.74, 6) is 0. The molecule has 1 aromatic carbocycles. The second-order valence-corrected chi connectivity index (χ2v) is 2.12. The molecule has 1 rings (SSSR count). The summed E-state index contributed by atoms with van der Waals surface area (Å²) in [6.45, 7) is 2.01. The van der Waals surface area contributed by atoms with E-state index in [0.717, 1.165) is 0 Å². The van der Waals surface area contributed by atoms with Crippen LogP contribution >= 0.6 is 11.6 Å². The Kier molecular flexibility index (Phi) is 8.63. The summed E-state index contributed by atoms with van der Waals surface area (Å²) in [4.78, 5) is 0. The molecule has 0 nitrogen and oxygen atoms in total. The Labute approximate surface area is 92.9 Å². The van der Waals surface area contributed by atoms with Crippen molar-refractivity contribution in [3.05, 3.63) is 34.9 Å². The van der Waals surface area contributed by atoms with Crippen LogP contribution < -0.4 is 17.0 Å².